The maximum atomic E-state index is 10.9. The molecule has 1 aliphatic heterocycles. The molecule has 0 saturated carbocycles. The minimum atomic E-state index is -1.24. The molecule has 4 heteroatoms. The first kappa shape index (κ1) is 10.1. The normalized spacial score (nSPS) is 30.3. The van der Waals surface area contributed by atoms with Gasteiger partial charge in [-0.1, -0.05) is 30.3 Å². The average Bonchev–Trinajstić information content (AvgIpc) is 2.64. The third-order valence-electron chi connectivity index (χ3n) is 2.40. The fourth-order valence-electron chi connectivity index (χ4n) is 1.43. The van der Waals surface area contributed by atoms with Crippen LogP contribution in [0.25, 0.3) is 0 Å². The molecule has 0 aliphatic carbocycles. The molecule has 0 aromatic heterocycles. The van der Waals surface area contributed by atoms with E-state index in [1.165, 1.54) is 6.92 Å². The molecule has 1 aromatic carbocycles. The van der Waals surface area contributed by atoms with Gasteiger partial charge < -0.3 is 14.6 Å². The molecule has 1 N–H and O–H groups in total. The first-order valence-corrected chi connectivity index (χ1v) is 4.69. The van der Waals surface area contributed by atoms with E-state index in [0.29, 0.717) is 0 Å². The quantitative estimate of drug-likeness (QED) is 0.801. The minimum Gasteiger partial charge on any atom is -0.479 e. The molecular weight excluding hydrogens is 196 g/mol. The topological polar surface area (TPSA) is 55.8 Å². The zero-order chi connectivity index (χ0) is 10.9. The lowest BCUT2D eigenvalue weighted by Crippen LogP contribution is -2.37. The molecule has 1 saturated heterocycles. The number of aliphatic carboxylic acids is 1. The number of hydrogen-bond acceptors (Lipinski definition) is 3. The van der Waals surface area contributed by atoms with Crippen molar-refractivity contribution >= 4 is 5.97 Å². The molecule has 1 fully saturated rings. The van der Waals surface area contributed by atoms with E-state index in [1.54, 1.807) is 0 Å². The summed E-state index contributed by atoms with van der Waals surface area (Å²) in [6.07, 6.45) is -0.577. The van der Waals surface area contributed by atoms with Gasteiger partial charge in [0, 0.05) is 5.56 Å². The van der Waals surface area contributed by atoms with E-state index in [-0.39, 0.29) is 6.61 Å². The van der Waals surface area contributed by atoms with Gasteiger partial charge in [0.05, 0.1) is 6.61 Å². The second-order valence-corrected chi connectivity index (χ2v) is 3.71. The highest BCUT2D eigenvalue weighted by Gasteiger charge is 2.44. The molecule has 2 atom stereocenters. The summed E-state index contributed by atoms with van der Waals surface area (Å²) in [4.78, 5) is 10.9. The first-order chi connectivity index (χ1) is 7.12. The predicted octanol–water partition coefficient (Wildman–Crippen LogP) is 1.58. The summed E-state index contributed by atoms with van der Waals surface area (Å²) in [6.45, 7) is 1.58. The van der Waals surface area contributed by atoms with Crippen LogP contribution >= 0.6 is 0 Å². The third kappa shape index (κ3) is 1.86. The molecule has 2 rings (SSSR count). The van der Waals surface area contributed by atoms with Gasteiger partial charge in [-0.3, -0.25) is 0 Å². The average molecular weight is 208 g/mol. The van der Waals surface area contributed by atoms with Gasteiger partial charge in [0.15, 0.2) is 11.9 Å². The van der Waals surface area contributed by atoms with Crippen molar-refractivity contribution in [3.05, 3.63) is 35.9 Å². The summed E-state index contributed by atoms with van der Waals surface area (Å²) in [5.74, 6) is -0.999. The van der Waals surface area contributed by atoms with E-state index in [4.69, 9.17) is 14.6 Å². The van der Waals surface area contributed by atoms with Crippen molar-refractivity contribution in [3.63, 3.8) is 0 Å². The van der Waals surface area contributed by atoms with Crippen LogP contribution in [0.4, 0.5) is 0 Å². The van der Waals surface area contributed by atoms with Crippen LogP contribution in [0.2, 0.25) is 0 Å². The van der Waals surface area contributed by atoms with E-state index < -0.39 is 17.9 Å². The van der Waals surface area contributed by atoms with Crippen molar-refractivity contribution < 1.29 is 19.4 Å². The van der Waals surface area contributed by atoms with Crippen LogP contribution in [0.1, 0.15) is 18.8 Å². The second-order valence-electron chi connectivity index (χ2n) is 3.71. The molecule has 0 radical (unpaired) electrons. The molecule has 1 heterocycles. The number of carbonyl (C=O) groups is 1. The van der Waals surface area contributed by atoms with Crippen molar-refractivity contribution in [3.8, 4) is 0 Å². The molecule has 80 valence electrons. The molecule has 2 unspecified atom stereocenters. The van der Waals surface area contributed by atoms with Gasteiger partial charge in [0.25, 0.3) is 0 Å². The lowest BCUT2D eigenvalue weighted by molar-refractivity contribution is -0.163. The van der Waals surface area contributed by atoms with Gasteiger partial charge in [-0.25, -0.2) is 4.79 Å². The monoisotopic (exact) mass is 208 g/mol. The summed E-state index contributed by atoms with van der Waals surface area (Å²) in [6, 6.07) is 9.29. The maximum Gasteiger partial charge on any atom is 0.338 e. The highest BCUT2D eigenvalue weighted by Crippen LogP contribution is 2.33. The number of hydrogen-bond donors (Lipinski definition) is 1. The summed E-state index contributed by atoms with van der Waals surface area (Å²) in [5, 5.41) is 8.93. The Bertz CT molecular complexity index is 362. The third-order valence-corrected chi connectivity index (χ3v) is 2.40. The van der Waals surface area contributed by atoms with E-state index >= 15 is 0 Å². The van der Waals surface area contributed by atoms with Crippen LogP contribution in [0.3, 0.4) is 0 Å². The molecule has 15 heavy (non-hydrogen) atoms. The van der Waals surface area contributed by atoms with Gasteiger partial charge in [-0.2, -0.15) is 0 Å². The highest BCUT2D eigenvalue weighted by atomic mass is 16.7. The van der Waals surface area contributed by atoms with Crippen LogP contribution < -0.4 is 0 Å². The Labute approximate surface area is 87.4 Å². The van der Waals surface area contributed by atoms with E-state index in [2.05, 4.69) is 0 Å². The van der Waals surface area contributed by atoms with Crippen LogP contribution in [0.15, 0.2) is 30.3 Å². The van der Waals surface area contributed by atoms with Crippen LogP contribution in [0.5, 0.6) is 0 Å². The zero-order valence-electron chi connectivity index (χ0n) is 8.34. The Morgan fingerprint density at radius 3 is 2.67 bits per heavy atom. The SMILES string of the molecule is CC1(C(=O)O)COC(c2ccccc2)O1. The molecule has 1 aliphatic rings. The maximum absolute atomic E-state index is 10.9. The zero-order valence-corrected chi connectivity index (χ0v) is 8.34. The Morgan fingerprint density at radius 2 is 2.13 bits per heavy atom. The lowest BCUT2D eigenvalue weighted by Gasteiger charge is -2.16. The summed E-state index contributed by atoms with van der Waals surface area (Å²) in [7, 11) is 0. The Balaban J connectivity index is 2.14. The summed E-state index contributed by atoms with van der Waals surface area (Å²) in [5.41, 5.74) is -0.400. The lowest BCUT2D eigenvalue weighted by atomic mass is 10.1. The van der Waals surface area contributed by atoms with Gasteiger partial charge in [0.1, 0.15) is 0 Å². The molecule has 1 aromatic rings. The van der Waals surface area contributed by atoms with Gasteiger partial charge in [-0.05, 0) is 6.92 Å². The van der Waals surface area contributed by atoms with Crippen LogP contribution in [0, 0.1) is 0 Å². The van der Waals surface area contributed by atoms with Crippen LogP contribution in [-0.2, 0) is 14.3 Å². The first-order valence-electron chi connectivity index (χ1n) is 4.69. The van der Waals surface area contributed by atoms with Gasteiger partial charge in [-0.15, -0.1) is 0 Å². The molecule has 0 amide bonds. The number of carboxylic acids is 1. The van der Waals surface area contributed by atoms with Crippen molar-refractivity contribution in [1.29, 1.82) is 0 Å². The number of rotatable bonds is 2. The summed E-state index contributed by atoms with van der Waals surface area (Å²) >= 11 is 0. The Morgan fingerprint density at radius 1 is 1.47 bits per heavy atom. The van der Waals surface area contributed by atoms with Gasteiger partial charge in [0.2, 0.25) is 0 Å². The molecule has 4 nitrogen and oxygen atoms in total. The molecule has 0 spiro atoms. The smallest absolute Gasteiger partial charge is 0.338 e. The Kier molecular flexibility index (Phi) is 2.46. The fraction of sp³-hybridized carbons (Fsp3) is 0.364. The predicted molar refractivity (Wildman–Crippen MR) is 52.3 cm³/mol. The fourth-order valence-corrected chi connectivity index (χ4v) is 1.43. The van der Waals surface area contributed by atoms with E-state index in [0.717, 1.165) is 5.56 Å². The van der Waals surface area contributed by atoms with Crippen molar-refractivity contribution in [2.75, 3.05) is 6.61 Å². The second kappa shape index (κ2) is 3.64. The van der Waals surface area contributed by atoms with Crippen LogP contribution in [-0.4, -0.2) is 23.3 Å². The molecular formula is C11H12O4. The van der Waals surface area contributed by atoms with Crippen molar-refractivity contribution in [2.24, 2.45) is 0 Å². The summed E-state index contributed by atoms with van der Waals surface area (Å²) < 4.78 is 10.7. The van der Waals surface area contributed by atoms with Crippen molar-refractivity contribution in [2.45, 2.75) is 18.8 Å². The number of benzene rings is 1. The van der Waals surface area contributed by atoms with Crippen molar-refractivity contribution in [1.82, 2.24) is 0 Å². The Hall–Kier alpha value is -1.39. The van der Waals surface area contributed by atoms with E-state index in [1.807, 2.05) is 30.3 Å². The van der Waals surface area contributed by atoms with E-state index in [9.17, 15) is 4.79 Å². The standard InChI is InChI=1S/C11H12O4/c1-11(10(12)13)7-14-9(15-11)8-5-3-2-4-6-8/h2-6,9H,7H2,1H3,(H,12,13). The minimum absolute atomic E-state index is 0.0713. The largest absolute Gasteiger partial charge is 0.479 e. The molecule has 0 bridgehead atoms. The number of carboxylic acid groups (broad SMARTS) is 1. The highest BCUT2D eigenvalue weighted by molar-refractivity contribution is 5.77. The van der Waals surface area contributed by atoms with Gasteiger partial charge >= 0.3 is 5.97 Å². The number of ether oxygens (including phenoxy) is 2.